The highest BCUT2D eigenvalue weighted by Gasteiger charge is 2.07. The van der Waals surface area contributed by atoms with E-state index in [0.29, 0.717) is 17.9 Å². The van der Waals surface area contributed by atoms with Gasteiger partial charge in [-0.15, -0.1) is 0 Å². The molecule has 25 heavy (non-hydrogen) atoms. The van der Waals surface area contributed by atoms with E-state index >= 15 is 0 Å². The second-order valence-electron chi connectivity index (χ2n) is 5.74. The van der Waals surface area contributed by atoms with Gasteiger partial charge in [0.25, 0.3) is 5.91 Å². The van der Waals surface area contributed by atoms with Gasteiger partial charge in [0.2, 0.25) is 0 Å². The van der Waals surface area contributed by atoms with E-state index in [-0.39, 0.29) is 24.9 Å². The summed E-state index contributed by atoms with van der Waals surface area (Å²) in [7, 11) is 1.35. The number of amides is 1. The molecule has 0 aliphatic rings. The number of aromatic nitrogens is 1. The van der Waals surface area contributed by atoms with Crippen LogP contribution < -0.4 is 10.1 Å². The number of nitrogens with zero attached hydrogens (tertiary/aromatic N) is 1. The topological polar surface area (TPSA) is 77.5 Å². The Morgan fingerprint density at radius 1 is 1.12 bits per heavy atom. The lowest BCUT2D eigenvalue weighted by molar-refractivity contribution is -0.140. The average Bonchev–Trinajstić information content (AvgIpc) is 2.61. The molecule has 0 fully saturated rings. The average molecular weight is 342 g/mol. The molecule has 1 N–H and O–H groups in total. The molecule has 0 saturated heterocycles. The lowest BCUT2D eigenvalue weighted by Gasteiger charge is -2.09. The zero-order chi connectivity index (χ0) is 18.2. The van der Waals surface area contributed by atoms with Crippen LogP contribution in [0.15, 0.2) is 36.7 Å². The number of rotatable bonds is 7. The van der Waals surface area contributed by atoms with Crippen molar-refractivity contribution in [1.29, 1.82) is 0 Å². The minimum atomic E-state index is -0.281. The Morgan fingerprint density at radius 2 is 1.92 bits per heavy atom. The predicted molar refractivity (Wildman–Crippen MR) is 94.6 cm³/mol. The maximum atomic E-state index is 12.0. The van der Waals surface area contributed by atoms with Gasteiger partial charge in [0, 0.05) is 12.6 Å². The molecule has 132 valence electrons. The molecule has 2 aromatic rings. The van der Waals surface area contributed by atoms with Crippen LogP contribution in [0.4, 0.5) is 5.69 Å². The number of aryl methyl sites for hydroxylation is 3. The Morgan fingerprint density at radius 3 is 2.64 bits per heavy atom. The van der Waals surface area contributed by atoms with E-state index in [4.69, 9.17) is 4.74 Å². The number of carbonyl (C=O) groups is 2. The van der Waals surface area contributed by atoms with E-state index < -0.39 is 0 Å². The molecule has 0 atom stereocenters. The fourth-order valence-corrected chi connectivity index (χ4v) is 2.19. The molecule has 1 aromatic carbocycles. The summed E-state index contributed by atoms with van der Waals surface area (Å²) in [5.74, 6) is 0.101. The summed E-state index contributed by atoms with van der Waals surface area (Å²) in [6.45, 7) is 3.93. The summed E-state index contributed by atoms with van der Waals surface area (Å²) in [5.41, 5.74) is 3.70. The summed E-state index contributed by atoms with van der Waals surface area (Å²) in [5, 5.41) is 2.74. The van der Waals surface area contributed by atoms with Crippen LogP contribution in [-0.2, 0) is 20.7 Å². The minimum Gasteiger partial charge on any atom is -0.484 e. The first-order chi connectivity index (χ1) is 12.0. The van der Waals surface area contributed by atoms with Crippen molar-refractivity contribution in [3.05, 3.63) is 53.3 Å². The lowest BCUT2D eigenvalue weighted by Crippen LogP contribution is -2.20. The first-order valence-corrected chi connectivity index (χ1v) is 7.98. The second kappa shape index (κ2) is 8.82. The van der Waals surface area contributed by atoms with Crippen molar-refractivity contribution in [2.45, 2.75) is 26.7 Å². The van der Waals surface area contributed by atoms with E-state index in [0.717, 1.165) is 11.1 Å². The molecule has 1 amide bonds. The van der Waals surface area contributed by atoms with Crippen LogP contribution in [0.25, 0.3) is 0 Å². The fourth-order valence-electron chi connectivity index (χ4n) is 2.19. The minimum absolute atomic E-state index is 0.0884. The van der Waals surface area contributed by atoms with Crippen LogP contribution in [0.3, 0.4) is 0 Å². The van der Waals surface area contributed by atoms with Crippen molar-refractivity contribution >= 4 is 17.6 Å². The van der Waals surface area contributed by atoms with Gasteiger partial charge in [-0.05, 0) is 55.2 Å². The van der Waals surface area contributed by atoms with Crippen molar-refractivity contribution in [2.75, 3.05) is 19.0 Å². The first-order valence-electron chi connectivity index (χ1n) is 7.98. The van der Waals surface area contributed by atoms with Crippen molar-refractivity contribution in [2.24, 2.45) is 0 Å². The van der Waals surface area contributed by atoms with Crippen LogP contribution in [0.2, 0.25) is 0 Å². The molecule has 0 radical (unpaired) electrons. The quantitative estimate of drug-likeness (QED) is 0.783. The zero-order valence-corrected chi connectivity index (χ0v) is 14.7. The van der Waals surface area contributed by atoms with Gasteiger partial charge in [0.1, 0.15) is 5.75 Å². The Labute approximate surface area is 147 Å². The van der Waals surface area contributed by atoms with Gasteiger partial charge < -0.3 is 14.8 Å². The summed E-state index contributed by atoms with van der Waals surface area (Å²) in [6.07, 6.45) is 3.98. The lowest BCUT2D eigenvalue weighted by atomic mass is 10.1. The molecule has 0 aliphatic carbocycles. The predicted octanol–water partition coefficient (Wildman–Crippen LogP) is 2.82. The summed E-state index contributed by atoms with van der Waals surface area (Å²) in [6, 6.07) is 7.48. The van der Waals surface area contributed by atoms with Crippen LogP contribution in [0, 0.1) is 13.8 Å². The summed E-state index contributed by atoms with van der Waals surface area (Å²) in [4.78, 5) is 27.3. The molecule has 6 heteroatoms. The van der Waals surface area contributed by atoms with Crippen molar-refractivity contribution in [3.8, 4) is 5.75 Å². The SMILES string of the molecule is COC(=O)CCc1cncc(NC(=O)COc2ccc(C)c(C)c2)c1. The number of ether oxygens (including phenoxy) is 2. The highest BCUT2D eigenvalue weighted by Crippen LogP contribution is 2.16. The Bertz CT molecular complexity index is 759. The Kier molecular flexibility index (Phi) is 6.51. The van der Waals surface area contributed by atoms with Crippen molar-refractivity contribution in [1.82, 2.24) is 4.98 Å². The maximum absolute atomic E-state index is 12.0. The number of benzene rings is 1. The molecule has 1 heterocycles. The zero-order valence-electron chi connectivity index (χ0n) is 14.7. The van der Waals surface area contributed by atoms with E-state index in [2.05, 4.69) is 15.0 Å². The number of esters is 1. The number of hydrogen-bond donors (Lipinski definition) is 1. The number of nitrogens with one attached hydrogen (secondary N) is 1. The summed E-state index contributed by atoms with van der Waals surface area (Å²) >= 11 is 0. The van der Waals surface area contributed by atoms with Gasteiger partial charge in [-0.3, -0.25) is 14.6 Å². The van der Waals surface area contributed by atoms with E-state index in [1.807, 2.05) is 32.0 Å². The first kappa shape index (κ1) is 18.4. The van der Waals surface area contributed by atoms with Gasteiger partial charge in [-0.25, -0.2) is 0 Å². The van der Waals surface area contributed by atoms with Gasteiger partial charge in [-0.2, -0.15) is 0 Å². The molecular weight excluding hydrogens is 320 g/mol. The van der Waals surface area contributed by atoms with Gasteiger partial charge in [-0.1, -0.05) is 6.07 Å². The van der Waals surface area contributed by atoms with E-state index in [1.165, 1.54) is 12.7 Å². The van der Waals surface area contributed by atoms with Crippen LogP contribution in [0.5, 0.6) is 5.75 Å². The molecule has 2 rings (SSSR count). The second-order valence-corrected chi connectivity index (χ2v) is 5.74. The molecular formula is C19H22N2O4. The molecule has 0 unspecified atom stereocenters. The molecule has 6 nitrogen and oxygen atoms in total. The third kappa shape index (κ3) is 5.91. The molecule has 0 aliphatic heterocycles. The number of methoxy groups -OCH3 is 1. The van der Waals surface area contributed by atoms with Gasteiger partial charge >= 0.3 is 5.97 Å². The van der Waals surface area contributed by atoms with Gasteiger partial charge in [0.15, 0.2) is 6.61 Å². The fraction of sp³-hybridized carbons (Fsp3) is 0.316. The van der Waals surface area contributed by atoms with Crippen LogP contribution in [0.1, 0.15) is 23.1 Å². The summed E-state index contributed by atoms with van der Waals surface area (Å²) < 4.78 is 10.1. The molecule has 1 aromatic heterocycles. The molecule has 0 spiro atoms. The van der Waals surface area contributed by atoms with Crippen molar-refractivity contribution in [3.63, 3.8) is 0 Å². The number of carbonyl (C=O) groups excluding carboxylic acids is 2. The number of hydrogen-bond acceptors (Lipinski definition) is 5. The number of anilines is 1. The Hall–Kier alpha value is -2.89. The van der Waals surface area contributed by atoms with Crippen LogP contribution >= 0.6 is 0 Å². The largest absolute Gasteiger partial charge is 0.484 e. The highest BCUT2D eigenvalue weighted by atomic mass is 16.5. The molecule has 0 bridgehead atoms. The highest BCUT2D eigenvalue weighted by molar-refractivity contribution is 5.91. The molecule has 0 saturated carbocycles. The maximum Gasteiger partial charge on any atom is 0.305 e. The normalized spacial score (nSPS) is 10.2. The van der Waals surface area contributed by atoms with Gasteiger partial charge in [0.05, 0.1) is 19.0 Å². The smallest absolute Gasteiger partial charge is 0.305 e. The van der Waals surface area contributed by atoms with E-state index in [1.54, 1.807) is 18.5 Å². The third-order valence-electron chi connectivity index (χ3n) is 3.77. The monoisotopic (exact) mass is 342 g/mol. The van der Waals surface area contributed by atoms with Crippen LogP contribution in [-0.4, -0.2) is 30.6 Å². The third-order valence-corrected chi connectivity index (χ3v) is 3.77. The van der Waals surface area contributed by atoms with E-state index in [9.17, 15) is 9.59 Å². The Balaban J connectivity index is 1.87. The number of pyridine rings is 1. The van der Waals surface area contributed by atoms with Crippen molar-refractivity contribution < 1.29 is 19.1 Å². The standard InChI is InChI=1S/C19H22N2O4/c1-13-4-6-17(8-14(13)2)25-12-18(22)21-16-9-15(10-20-11-16)5-7-19(23)24-3/h4,6,8-11H,5,7,12H2,1-3H3,(H,21,22).